The van der Waals surface area contributed by atoms with Crippen LogP contribution in [0.15, 0.2) is 11.6 Å². The van der Waals surface area contributed by atoms with Crippen molar-refractivity contribution < 1.29 is 24.9 Å². The van der Waals surface area contributed by atoms with Gasteiger partial charge in [-0.25, -0.2) is 0 Å². The van der Waals surface area contributed by atoms with E-state index in [2.05, 4.69) is 48.5 Å². The second-order valence-electron chi connectivity index (χ2n) is 14.6. The molecule has 4 saturated carbocycles. The summed E-state index contributed by atoms with van der Waals surface area (Å²) in [5, 5.41) is 32.3. The van der Waals surface area contributed by atoms with E-state index >= 15 is 0 Å². The van der Waals surface area contributed by atoms with Crippen molar-refractivity contribution in [1.29, 1.82) is 0 Å². The largest absolute Gasteiger partial charge is 0.481 e. The van der Waals surface area contributed by atoms with Gasteiger partial charge in [0.2, 0.25) is 0 Å². The minimum absolute atomic E-state index is 0.107. The lowest BCUT2D eigenvalue weighted by molar-refractivity contribution is -0.228. The standard InChI is InChI=1S/C30H46O5/c1-16-8-11-30(25(34)35)13-12-28(6)18(22(30)17(16)2)14-19(31)23-27(5)15-20(32)24(33)26(3,4)21(27)9-10-29(23,28)7/h14,16-17,20-24,32-33H,8-13,15H2,1-7H3,(H,34,35)/t16-,17+,20-,21+,22+,23-,24-,27+,28-,29-,30+/m1/s1. The third-order valence-corrected chi connectivity index (χ3v) is 13.1. The maximum Gasteiger partial charge on any atom is 0.310 e. The number of carbonyl (C=O) groups excluding carboxylic acids is 1. The molecule has 5 aliphatic carbocycles. The summed E-state index contributed by atoms with van der Waals surface area (Å²) in [7, 11) is 0. The molecule has 5 nitrogen and oxygen atoms in total. The van der Waals surface area contributed by atoms with E-state index in [9.17, 15) is 24.9 Å². The second kappa shape index (κ2) is 7.43. The first-order valence-corrected chi connectivity index (χ1v) is 13.9. The van der Waals surface area contributed by atoms with E-state index in [-0.39, 0.29) is 40.3 Å². The number of aliphatic carboxylic acids is 1. The molecule has 5 rings (SSSR count). The van der Waals surface area contributed by atoms with Crippen molar-refractivity contribution in [2.45, 2.75) is 106 Å². The van der Waals surface area contributed by atoms with Gasteiger partial charge in [0.05, 0.1) is 17.6 Å². The summed E-state index contributed by atoms with van der Waals surface area (Å²) in [4.78, 5) is 27.1. The van der Waals surface area contributed by atoms with Crippen LogP contribution in [0.25, 0.3) is 0 Å². The lowest BCUT2D eigenvalue weighted by Gasteiger charge is -2.70. The van der Waals surface area contributed by atoms with Gasteiger partial charge in [-0.15, -0.1) is 0 Å². The summed E-state index contributed by atoms with van der Waals surface area (Å²) in [6.07, 6.45) is 5.57. The highest BCUT2D eigenvalue weighted by molar-refractivity contribution is 5.96. The predicted octanol–water partition coefficient (Wildman–Crippen LogP) is 5.24. The fraction of sp³-hybridized carbons (Fsp3) is 0.867. The molecule has 4 fully saturated rings. The van der Waals surface area contributed by atoms with Gasteiger partial charge in [-0.2, -0.15) is 0 Å². The van der Waals surface area contributed by atoms with Crippen LogP contribution in [0.2, 0.25) is 0 Å². The normalized spacial score (nSPS) is 55.1. The smallest absolute Gasteiger partial charge is 0.310 e. The molecular formula is C30H46O5. The average molecular weight is 487 g/mol. The molecule has 196 valence electrons. The first-order valence-electron chi connectivity index (χ1n) is 13.9. The molecule has 5 heteroatoms. The number of aliphatic hydroxyl groups excluding tert-OH is 2. The van der Waals surface area contributed by atoms with Gasteiger partial charge in [0.15, 0.2) is 5.78 Å². The van der Waals surface area contributed by atoms with Gasteiger partial charge < -0.3 is 15.3 Å². The average Bonchev–Trinajstić information content (AvgIpc) is 2.75. The van der Waals surface area contributed by atoms with Gasteiger partial charge in [0, 0.05) is 5.92 Å². The number of hydrogen-bond donors (Lipinski definition) is 3. The van der Waals surface area contributed by atoms with Crippen molar-refractivity contribution in [1.82, 2.24) is 0 Å². The van der Waals surface area contributed by atoms with E-state index in [1.807, 2.05) is 6.08 Å². The molecule has 5 aliphatic rings. The van der Waals surface area contributed by atoms with Gasteiger partial charge in [-0.1, -0.05) is 54.0 Å². The Morgan fingerprint density at radius 1 is 0.971 bits per heavy atom. The Kier molecular flexibility index (Phi) is 5.40. The summed E-state index contributed by atoms with van der Waals surface area (Å²) < 4.78 is 0. The number of carboxylic acids is 1. The fourth-order valence-electron chi connectivity index (χ4n) is 10.8. The quantitative estimate of drug-likeness (QED) is 0.471. The molecule has 11 atom stereocenters. The van der Waals surface area contributed by atoms with Crippen molar-refractivity contribution >= 4 is 11.8 Å². The molecule has 0 spiro atoms. The van der Waals surface area contributed by atoms with E-state index in [4.69, 9.17) is 0 Å². The first-order chi connectivity index (χ1) is 16.1. The topological polar surface area (TPSA) is 94.8 Å². The van der Waals surface area contributed by atoms with E-state index in [0.717, 1.165) is 31.3 Å². The molecule has 0 radical (unpaired) electrons. The Morgan fingerprint density at radius 2 is 1.63 bits per heavy atom. The van der Waals surface area contributed by atoms with Gasteiger partial charge in [-0.3, -0.25) is 9.59 Å². The molecular weight excluding hydrogens is 440 g/mol. The third-order valence-electron chi connectivity index (χ3n) is 13.1. The van der Waals surface area contributed by atoms with Crippen molar-refractivity contribution in [3.8, 4) is 0 Å². The Labute approximate surface area is 210 Å². The molecule has 0 unspecified atom stereocenters. The Hall–Kier alpha value is -1.20. The fourth-order valence-corrected chi connectivity index (χ4v) is 10.8. The predicted molar refractivity (Wildman–Crippen MR) is 134 cm³/mol. The van der Waals surface area contributed by atoms with E-state index < -0.39 is 34.4 Å². The summed E-state index contributed by atoms with van der Waals surface area (Å²) in [5.41, 5.74) is -1.11. The molecule has 0 aliphatic heterocycles. The summed E-state index contributed by atoms with van der Waals surface area (Å²) in [6.45, 7) is 15.3. The highest BCUT2D eigenvalue weighted by atomic mass is 16.4. The number of hydrogen-bond acceptors (Lipinski definition) is 4. The van der Waals surface area contributed by atoms with Crippen molar-refractivity contribution in [2.24, 2.45) is 56.7 Å². The van der Waals surface area contributed by atoms with Crippen molar-refractivity contribution in [3.05, 3.63) is 11.6 Å². The van der Waals surface area contributed by atoms with E-state index in [1.165, 1.54) is 0 Å². The second-order valence-corrected chi connectivity index (χ2v) is 14.6. The Bertz CT molecular complexity index is 983. The molecule has 0 bridgehead atoms. The number of ketones is 1. The van der Waals surface area contributed by atoms with Crippen molar-refractivity contribution in [3.63, 3.8) is 0 Å². The Balaban J connectivity index is 1.67. The van der Waals surface area contributed by atoms with Gasteiger partial charge in [0.25, 0.3) is 0 Å². The minimum Gasteiger partial charge on any atom is -0.481 e. The van der Waals surface area contributed by atoms with Gasteiger partial charge in [-0.05, 0) is 96.4 Å². The molecule has 0 saturated heterocycles. The number of allylic oxidation sites excluding steroid dienone is 2. The number of rotatable bonds is 1. The lowest BCUT2D eigenvalue weighted by atomic mass is 9.33. The molecule has 0 aromatic carbocycles. The number of fused-ring (bicyclic) bond motifs is 7. The zero-order valence-electron chi connectivity index (χ0n) is 22.7. The van der Waals surface area contributed by atoms with Crippen LogP contribution < -0.4 is 0 Å². The third kappa shape index (κ3) is 2.89. The number of carboxylic acid groups (broad SMARTS) is 1. The SMILES string of the molecule is C[C@H]1[C@H](C)CC[C@]2(C(=O)O)CC[C@]3(C)C(=CC(=O)[C@@H]4[C@@]5(C)C[C@@H](O)[C@@H](O)C(C)(C)[C@@H]5CC[C@]43C)[C@H]12. The monoisotopic (exact) mass is 486 g/mol. The van der Waals surface area contributed by atoms with Crippen molar-refractivity contribution in [2.75, 3.05) is 0 Å². The Morgan fingerprint density at radius 3 is 2.26 bits per heavy atom. The molecule has 0 aromatic rings. The van der Waals surface area contributed by atoms with E-state index in [0.29, 0.717) is 25.2 Å². The molecule has 0 aromatic heterocycles. The molecule has 0 heterocycles. The minimum atomic E-state index is -0.843. The zero-order chi connectivity index (χ0) is 25.9. The zero-order valence-corrected chi connectivity index (χ0v) is 22.7. The first kappa shape index (κ1) is 25.4. The number of aliphatic hydroxyl groups is 2. The van der Waals surface area contributed by atoms with Crippen LogP contribution in [0.1, 0.15) is 93.4 Å². The maximum atomic E-state index is 14.3. The van der Waals surface area contributed by atoms with Crippen LogP contribution in [0.3, 0.4) is 0 Å². The summed E-state index contributed by atoms with van der Waals surface area (Å²) >= 11 is 0. The highest BCUT2D eigenvalue weighted by Gasteiger charge is 2.72. The number of carbonyl (C=O) groups is 2. The van der Waals surface area contributed by atoms with Crippen LogP contribution in [0.4, 0.5) is 0 Å². The molecule has 0 amide bonds. The van der Waals surface area contributed by atoms with Crippen LogP contribution in [0.5, 0.6) is 0 Å². The van der Waals surface area contributed by atoms with Crippen LogP contribution >= 0.6 is 0 Å². The lowest BCUT2D eigenvalue weighted by Crippen LogP contribution is -2.69. The van der Waals surface area contributed by atoms with Crippen LogP contribution in [0, 0.1) is 56.7 Å². The molecule has 35 heavy (non-hydrogen) atoms. The van der Waals surface area contributed by atoms with Gasteiger partial charge >= 0.3 is 5.97 Å². The van der Waals surface area contributed by atoms with Crippen LogP contribution in [-0.2, 0) is 9.59 Å². The molecule has 3 N–H and O–H groups in total. The van der Waals surface area contributed by atoms with Gasteiger partial charge in [0.1, 0.15) is 0 Å². The van der Waals surface area contributed by atoms with E-state index in [1.54, 1.807) is 0 Å². The summed E-state index contributed by atoms with van der Waals surface area (Å²) in [6, 6.07) is 0. The summed E-state index contributed by atoms with van der Waals surface area (Å²) in [5.74, 6) is -0.118. The van der Waals surface area contributed by atoms with Crippen LogP contribution in [-0.4, -0.2) is 39.3 Å². The highest BCUT2D eigenvalue weighted by Crippen LogP contribution is 2.75. The maximum absolute atomic E-state index is 14.3.